The van der Waals surface area contributed by atoms with E-state index in [0.717, 1.165) is 19.4 Å². The lowest BCUT2D eigenvalue weighted by Gasteiger charge is -2.23. The fourth-order valence-electron chi connectivity index (χ4n) is 2.15. The van der Waals surface area contributed by atoms with Crippen molar-refractivity contribution < 1.29 is 14.3 Å². The van der Waals surface area contributed by atoms with E-state index >= 15 is 0 Å². The van der Waals surface area contributed by atoms with Crippen LogP contribution in [0, 0.1) is 0 Å². The van der Waals surface area contributed by atoms with Gasteiger partial charge in [0.05, 0.1) is 12.2 Å². The van der Waals surface area contributed by atoms with Crippen LogP contribution in [0.15, 0.2) is 0 Å². The Labute approximate surface area is 128 Å². The number of nitrogens with one attached hydrogen (secondary N) is 2. The summed E-state index contributed by atoms with van der Waals surface area (Å²) in [6.07, 6.45) is 1.98. The number of hydrogen-bond donors (Lipinski definition) is 3. The first kappa shape index (κ1) is 16.0. The topological polar surface area (TPSA) is 98.5 Å². The molecule has 7 nitrogen and oxygen atoms in total. The van der Waals surface area contributed by atoms with Crippen molar-refractivity contribution in [1.29, 1.82) is 0 Å². The van der Waals surface area contributed by atoms with Gasteiger partial charge in [0, 0.05) is 26.8 Å². The predicted octanol–water partition coefficient (Wildman–Crippen LogP) is 1.08. The summed E-state index contributed by atoms with van der Waals surface area (Å²) < 4.78 is 10.6. The zero-order valence-electron chi connectivity index (χ0n) is 12.4. The third-order valence-corrected chi connectivity index (χ3v) is 4.39. The van der Waals surface area contributed by atoms with Gasteiger partial charge in [0.1, 0.15) is 10.7 Å². The number of aromatic nitrogens is 1. The lowest BCUT2D eigenvalue weighted by atomic mass is 10.0. The van der Waals surface area contributed by atoms with Gasteiger partial charge in [-0.3, -0.25) is 4.79 Å². The van der Waals surface area contributed by atoms with Gasteiger partial charge in [0.15, 0.2) is 5.13 Å². The van der Waals surface area contributed by atoms with Crippen LogP contribution in [-0.4, -0.2) is 49.9 Å². The zero-order valence-corrected chi connectivity index (χ0v) is 13.2. The quantitative estimate of drug-likeness (QED) is 0.652. The van der Waals surface area contributed by atoms with Crippen molar-refractivity contribution in [2.24, 2.45) is 0 Å². The molecule has 0 saturated carbocycles. The van der Waals surface area contributed by atoms with Crippen molar-refractivity contribution >= 4 is 28.2 Å². The average molecular weight is 314 g/mol. The molecule has 1 amide bonds. The minimum absolute atomic E-state index is 0.207. The molecule has 1 unspecified atom stereocenters. The summed E-state index contributed by atoms with van der Waals surface area (Å²) in [6, 6.07) is 0. The number of nitrogens with zero attached hydrogens (tertiary/aromatic N) is 1. The number of hydrogen-bond acceptors (Lipinski definition) is 7. The Kier molecular flexibility index (Phi) is 5.38. The Morgan fingerprint density at radius 1 is 1.62 bits per heavy atom. The SMILES string of the molecule is COCCNc1nc(N)c(C(=O)NCC2(C)CCCO2)s1. The molecule has 1 saturated heterocycles. The van der Waals surface area contributed by atoms with Gasteiger partial charge in [0.25, 0.3) is 5.91 Å². The minimum Gasteiger partial charge on any atom is -0.383 e. The molecule has 0 spiro atoms. The molecule has 1 atom stereocenters. The molecule has 0 bridgehead atoms. The molecule has 2 rings (SSSR count). The standard InChI is InChI=1S/C13H22N4O3S/c1-13(4-3-6-20-13)8-16-11(18)9-10(14)17-12(21-9)15-5-7-19-2/h3-8,14H2,1-2H3,(H,15,17)(H,16,18). The van der Waals surface area contributed by atoms with E-state index in [4.69, 9.17) is 15.2 Å². The van der Waals surface area contributed by atoms with Gasteiger partial charge in [-0.15, -0.1) is 0 Å². The summed E-state index contributed by atoms with van der Waals surface area (Å²) in [5.41, 5.74) is 5.53. The van der Waals surface area contributed by atoms with Crippen LogP contribution in [0.1, 0.15) is 29.4 Å². The Hall–Kier alpha value is -1.38. The first-order valence-electron chi connectivity index (χ1n) is 6.95. The maximum Gasteiger partial charge on any atom is 0.265 e. The van der Waals surface area contributed by atoms with Crippen LogP contribution in [0.25, 0.3) is 0 Å². The largest absolute Gasteiger partial charge is 0.383 e. The van der Waals surface area contributed by atoms with Crippen LogP contribution in [-0.2, 0) is 9.47 Å². The molecule has 21 heavy (non-hydrogen) atoms. The van der Waals surface area contributed by atoms with E-state index < -0.39 is 0 Å². The smallest absolute Gasteiger partial charge is 0.265 e. The van der Waals surface area contributed by atoms with Crippen molar-refractivity contribution in [2.75, 3.05) is 44.5 Å². The number of methoxy groups -OCH3 is 1. The number of thiazole rings is 1. The van der Waals surface area contributed by atoms with Crippen LogP contribution >= 0.6 is 11.3 Å². The molecule has 2 heterocycles. The zero-order chi connectivity index (χ0) is 15.3. The number of carbonyl (C=O) groups is 1. The maximum absolute atomic E-state index is 12.2. The second kappa shape index (κ2) is 7.06. The van der Waals surface area contributed by atoms with Gasteiger partial charge in [-0.2, -0.15) is 0 Å². The fourth-order valence-corrected chi connectivity index (χ4v) is 2.98. The van der Waals surface area contributed by atoms with E-state index in [0.29, 0.717) is 29.7 Å². The third kappa shape index (κ3) is 4.29. The predicted molar refractivity (Wildman–Crippen MR) is 82.8 cm³/mol. The Balaban J connectivity index is 1.89. The molecule has 8 heteroatoms. The maximum atomic E-state index is 12.2. The number of rotatable bonds is 7. The molecule has 1 aliphatic rings. The van der Waals surface area contributed by atoms with Crippen LogP contribution in [0.3, 0.4) is 0 Å². The van der Waals surface area contributed by atoms with Crippen LogP contribution in [0.5, 0.6) is 0 Å². The van der Waals surface area contributed by atoms with Gasteiger partial charge in [-0.05, 0) is 19.8 Å². The lowest BCUT2D eigenvalue weighted by molar-refractivity contribution is 0.0206. The van der Waals surface area contributed by atoms with Gasteiger partial charge in [-0.25, -0.2) is 4.98 Å². The molecular formula is C13H22N4O3S. The third-order valence-electron chi connectivity index (χ3n) is 3.37. The molecule has 4 N–H and O–H groups in total. The second-order valence-corrected chi connectivity index (χ2v) is 6.24. The summed E-state index contributed by atoms with van der Waals surface area (Å²) in [5.74, 6) is 0.0384. The summed E-state index contributed by atoms with van der Waals surface area (Å²) in [7, 11) is 1.63. The van der Waals surface area contributed by atoms with E-state index in [1.807, 2.05) is 6.92 Å². The highest BCUT2D eigenvalue weighted by atomic mass is 32.1. The first-order valence-corrected chi connectivity index (χ1v) is 7.77. The fraction of sp³-hybridized carbons (Fsp3) is 0.692. The molecule has 0 aliphatic carbocycles. The molecule has 0 aromatic carbocycles. The highest BCUT2D eigenvalue weighted by molar-refractivity contribution is 7.18. The van der Waals surface area contributed by atoms with Crippen molar-refractivity contribution in [3.05, 3.63) is 4.88 Å². The van der Waals surface area contributed by atoms with Crippen LogP contribution < -0.4 is 16.4 Å². The Morgan fingerprint density at radius 3 is 3.10 bits per heavy atom. The number of nitrogens with two attached hydrogens (primary N) is 1. The van der Waals surface area contributed by atoms with Crippen molar-refractivity contribution in [3.63, 3.8) is 0 Å². The molecule has 0 radical (unpaired) electrons. The highest BCUT2D eigenvalue weighted by Crippen LogP contribution is 2.26. The Morgan fingerprint density at radius 2 is 2.43 bits per heavy atom. The van der Waals surface area contributed by atoms with Crippen molar-refractivity contribution in [3.8, 4) is 0 Å². The lowest BCUT2D eigenvalue weighted by Crippen LogP contribution is -2.40. The summed E-state index contributed by atoms with van der Waals surface area (Å²) >= 11 is 1.24. The number of nitrogen functional groups attached to an aromatic ring is 1. The summed E-state index contributed by atoms with van der Waals surface area (Å²) in [6.45, 7) is 4.43. The van der Waals surface area contributed by atoms with E-state index in [1.54, 1.807) is 7.11 Å². The van der Waals surface area contributed by atoms with Crippen molar-refractivity contribution in [1.82, 2.24) is 10.3 Å². The first-order chi connectivity index (χ1) is 10.0. The summed E-state index contributed by atoms with van der Waals surface area (Å²) in [4.78, 5) is 16.7. The van der Waals surface area contributed by atoms with Crippen LogP contribution in [0.2, 0.25) is 0 Å². The van der Waals surface area contributed by atoms with Gasteiger partial charge in [-0.1, -0.05) is 11.3 Å². The van der Waals surface area contributed by atoms with Crippen LogP contribution in [0.4, 0.5) is 10.9 Å². The average Bonchev–Trinajstić information content (AvgIpc) is 3.04. The van der Waals surface area contributed by atoms with Gasteiger partial charge < -0.3 is 25.8 Å². The Bertz CT molecular complexity index is 486. The number of carbonyl (C=O) groups excluding carboxylic acids is 1. The molecule has 1 aromatic heterocycles. The minimum atomic E-state index is -0.269. The second-order valence-electron chi connectivity index (χ2n) is 5.24. The van der Waals surface area contributed by atoms with E-state index in [9.17, 15) is 4.79 Å². The van der Waals surface area contributed by atoms with Gasteiger partial charge in [0.2, 0.25) is 0 Å². The van der Waals surface area contributed by atoms with Crippen molar-refractivity contribution in [2.45, 2.75) is 25.4 Å². The number of amides is 1. The molecular weight excluding hydrogens is 292 g/mol. The molecule has 1 fully saturated rings. The molecule has 118 valence electrons. The molecule has 1 aliphatic heterocycles. The van der Waals surface area contributed by atoms with E-state index in [-0.39, 0.29) is 17.3 Å². The van der Waals surface area contributed by atoms with E-state index in [2.05, 4.69) is 15.6 Å². The van der Waals surface area contributed by atoms with E-state index in [1.165, 1.54) is 11.3 Å². The monoisotopic (exact) mass is 314 g/mol. The number of ether oxygens (including phenoxy) is 2. The number of anilines is 2. The highest BCUT2D eigenvalue weighted by Gasteiger charge is 2.30. The van der Waals surface area contributed by atoms with Gasteiger partial charge >= 0.3 is 0 Å². The normalized spacial score (nSPS) is 21.4. The summed E-state index contributed by atoms with van der Waals surface area (Å²) in [5, 5.41) is 6.56. The molecule has 1 aromatic rings.